The van der Waals surface area contributed by atoms with Crippen LogP contribution in [0.3, 0.4) is 0 Å². The van der Waals surface area contributed by atoms with Crippen molar-refractivity contribution in [1.29, 1.82) is 0 Å². The second kappa shape index (κ2) is 7.36. The van der Waals surface area contributed by atoms with Crippen molar-refractivity contribution in [3.63, 3.8) is 0 Å². The van der Waals surface area contributed by atoms with E-state index in [4.69, 9.17) is 0 Å². The molecule has 0 spiro atoms. The van der Waals surface area contributed by atoms with Gasteiger partial charge in [0.25, 0.3) is 0 Å². The van der Waals surface area contributed by atoms with Gasteiger partial charge in [0.05, 0.1) is 0 Å². The number of aliphatic hydroxyl groups excluding tert-OH is 1. The third-order valence-corrected chi connectivity index (χ3v) is 4.12. The van der Waals surface area contributed by atoms with Crippen LogP contribution in [-0.4, -0.2) is 40.5 Å². The Balaban J connectivity index is 4.04. The maximum Gasteiger partial charge on any atom is 0.0499 e. The average Bonchev–Trinajstić information content (AvgIpc) is 2.20. The van der Waals surface area contributed by atoms with Crippen LogP contribution in [0.25, 0.3) is 0 Å². The first kappa shape index (κ1) is 15.1. The predicted molar refractivity (Wildman–Crippen MR) is 66.5 cm³/mol. The van der Waals surface area contributed by atoms with Gasteiger partial charge in [0.1, 0.15) is 0 Å². The lowest BCUT2D eigenvalue weighted by molar-refractivity contribution is 0.111. The van der Waals surface area contributed by atoms with E-state index in [1.807, 2.05) is 6.92 Å². The number of hydrogen-bond acceptors (Lipinski definition) is 3. The topological polar surface area (TPSA) is 49.3 Å². The minimum Gasteiger partial charge on any atom is -0.396 e. The molecular weight excluding hydrogens is 210 g/mol. The lowest BCUT2D eigenvalue weighted by Gasteiger charge is -2.31. The second-order valence-corrected chi connectivity index (χ2v) is 5.87. The van der Waals surface area contributed by atoms with Crippen molar-refractivity contribution in [2.45, 2.75) is 39.7 Å². The van der Waals surface area contributed by atoms with Crippen molar-refractivity contribution in [3.8, 4) is 0 Å². The molecule has 0 saturated carbocycles. The summed E-state index contributed by atoms with van der Waals surface area (Å²) in [6.07, 6.45) is 3.65. The Morgan fingerprint density at radius 2 is 1.93 bits per heavy atom. The SMILES string of the molecule is CCC(CC)(CO)CNC(C)CS(C)=O. The third-order valence-electron chi connectivity index (χ3n) is 3.15. The Bertz CT molecular complexity index is 185. The second-order valence-electron chi connectivity index (χ2n) is 4.39. The first-order valence-corrected chi connectivity index (χ1v) is 7.36. The van der Waals surface area contributed by atoms with E-state index in [1.165, 1.54) is 0 Å². The molecule has 0 aliphatic carbocycles. The van der Waals surface area contributed by atoms with Gasteiger partial charge in [0, 0.05) is 47.4 Å². The van der Waals surface area contributed by atoms with Gasteiger partial charge in [-0.1, -0.05) is 13.8 Å². The zero-order chi connectivity index (χ0) is 11.9. The highest BCUT2D eigenvalue weighted by molar-refractivity contribution is 7.84. The molecule has 2 atom stereocenters. The third kappa shape index (κ3) is 5.64. The van der Waals surface area contributed by atoms with Gasteiger partial charge >= 0.3 is 0 Å². The molecule has 0 fully saturated rings. The lowest BCUT2D eigenvalue weighted by Crippen LogP contribution is -2.42. The fraction of sp³-hybridized carbons (Fsp3) is 1.00. The molecule has 0 saturated heterocycles. The minimum atomic E-state index is -0.755. The summed E-state index contributed by atoms with van der Waals surface area (Å²) in [6, 6.07) is 0.250. The quantitative estimate of drug-likeness (QED) is 0.663. The summed E-state index contributed by atoms with van der Waals surface area (Å²) in [7, 11) is -0.755. The molecule has 3 nitrogen and oxygen atoms in total. The van der Waals surface area contributed by atoms with Crippen molar-refractivity contribution < 1.29 is 9.32 Å². The van der Waals surface area contributed by atoms with Crippen LogP contribution in [0.15, 0.2) is 0 Å². The molecule has 2 unspecified atom stereocenters. The minimum absolute atomic E-state index is 0.0104. The van der Waals surface area contributed by atoms with Crippen LogP contribution < -0.4 is 5.32 Å². The summed E-state index contributed by atoms with van der Waals surface area (Å²) >= 11 is 0. The van der Waals surface area contributed by atoms with Crippen molar-refractivity contribution in [2.24, 2.45) is 5.41 Å². The first-order valence-electron chi connectivity index (χ1n) is 5.64. The standard InChI is InChI=1S/C11H25NO2S/c1-5-11(6-2,9-13)8-12-10(3)7-15(4)14/h10,12-13H,5-9H2,1-4H3. The van der Waals surface area contributed by atoms with Crippen molar-refractivity contribution in [1.82, 2.24) is 5.32 Å². The summed E-state index contributed by atoms with van der Waals surface area (Å²) in [5.41, 5.74) is -0.0104. The molecule has 0 radical (unpaired) electrons. The Kier molecular flexibility index (Phi) is 7.40. The normalized spacial score (nSPS) is 16.3. The van der Waals surface area contributed by atoms with E-state index in [2.05, 4.69) is 19.2 Å². The molecule has 15 heavy (non-hydrogen) atoms. The van der Waals surface area contributed by atoms with Crippen LogP contribution in [0.4, 0.5) is 0 Å². The highest BCUT2D eigenvalue weighted by Gasteiger charge is 2.25. The molecule has 0 aromatic heterocycles. The smallest absolute Gasteiger partial charge is 0.0499 e. The summed E-state index contributed by atoms with van der Waals surface area (Å²) in [6.45, 7) is 7.26. The molecule has 0 aromatic rings. The summed E-state index contributed by atoms with van der Waals surface area (Å²) < 4.78 is 11.0. The number of hydrogen-bond donors (Lipinski definition) is 2. The van der Waals surface area contributed by atoms with Gasteiger partial charge in [-0.3, -0.25) is 4.21 Å². The molecule has 0 amide bonds. The van der Waals surface area contributed by atoms with Crippen molar-refractivity contribution in [3.05, 3.63) is 0 Å². The van der Waals surface area contributed by atoms with E-state index < -0.39 is 10.8 Å². The van der Waals surface area contributed by atoms with Gasteiger partial charge in [-0.15, -0.1) is 0 Å². The van der Waals surface area contributed by atoms with Crippen LogP contribution in [0.5, 0.6) is 0 Å². The number of nitrogens with one attached hydrogen (secondary N) is 1. The van der Waals surface area contributed by atoms with Gasteiger partial charge < -0.3 is 10.4 Å². The molecule has 0 heterocycles. The van der Waals surface area contributed by atoms with Gasteiger partial charge in [0.2, 0.25) is 0 Å². The lowest BCUT2D eigenvalue weighted by atomic mass is 9.83. The van der Waals surface area contributed by atoms with E-state index in [1.54, 1.807) is 6.26 Å². The fourth-order valence-electron chi connectivity index (χ4n) is 1.58. The Morgan fingerprint density at radius 3 is 2.27 bits per heavy atom. The van der Waals surface area contributed by atoms with Gasteiger partial charge in [-0.2, -0.15) is 0 Å². The summed E-state index contributed by atoms with van der Waals surface area (Å²) in [5, 5.41) is 12.7. The first-order chi connectivity index (χ1) is 6.99. The monoisotopic (exact) mass is 235 g/mol. The molecule has 4 heteroatoms. The molecule has 0 bridgehead atoms. The highest BCUT2D eigenvalue weighted by Crippen LogP contribution is 2.24. The van der Waals surface area contributed by atoms with Crippen LogP contribution in [0.2, 0.25) is 0 Å². The predicted octanol–water partition coefficient (Wildman–Crippen LogP) is 1.14. The highest BCUT2D eigenvalue weighted by atomic mass is 32.2. The van der Waals surface area contributed by atoms with E-state index >= 15 is 0 Å². The molecular formula is C11H25NO2S. The van der Waals surface area contributed by atoms with E-state index in [-0.39, 0.29) is 18.1 Å². The van der Waals surface area contributed by atoms with E-state index in [9.17, 15) is 9.32 Å². The largest absolute Gasteiger partial charge is 0.396 e. The summed E-state index contributed by atoms with van der Waals surface area (Å²) in [4.78, 5) is 0. The molecule has 92 valence electrons. The molecule has 0 rings (SSSR count). The fourth-order valence-corrected chi connectivity index (χ4v) is 2.40. The van der Waals surface area contributed by atoms with E-state index in [0.29, 0.717) is 5.75 Å². The molecule has 0 aliphatic heterocycles. The van der Waals surface area contributed by atoms with Crippen LogP contribution >= 0.6 is 0 Å². The zero-order valence-electron chi connectivity index (χ0n) is 10.4. The summed E-state index contributed by atoms with van der Waals surface area (Å²) in [5.74, 6) is 0.676. The van der Waals surface area contributed by atoms with Gasteiger partial charge in [-0.05, 0) is 19.8 Å². The van der Waals surface area contributed by atoms with Crippen LogP contribution in [-0.2, 0) is 10.8 Å². The Hall–Kier alpha value is 0.0700. The number of aliphatic hydroxyl groups is 1. The Morgan fingerprint density at radius 1 is 1.40 bits per heavy atom. The van der Waals surface area contributed by atoms with Crippen molar-refractivity contribution in [2.75, 3.05) is 25.2 Å². The van der Waals surface area contributed by atoms with Gasteiger partial charge in [0.15, 0.2) is 0 Å². The molecule has 2 N–H and O–H groups in total. The Labute approximate surface area is 96.1 Å². The average molecular weight is 235 g/mol. The van der Waals surface area contributed by atoms with Crippen LogP contribution in [0, 0.1) is 5.41 Å². The maximum atomic E-state index is 11.0. The molecule has 0 aliphatic rings. The van der Waals surface area contributed by atoms with Crippen molar-refractivity contribution >= 4 is 10.8 Å². The van der Waals surface area contributed by atoms with Crippen LogP contribution in [0.1, 0.15) is 33.6 Å². The number of rotatable bonds is 8. The van der Waals surface area contributed by atoms with E-state index in [0.717, 1.165) is 19.4 Å². The van der Waals surface area contributed by atoms with Gasteiger partial charge in [-0.25, -0.2) is 0 Å². The zero-order valence-corrected chi connectivity index (χ0v) is 11.2. The molecule has 0 aromatic carbocycles. The maximum absolute atomic E-state index is 11.0.